The monoisotopic (exact) mass is 279 g/mol. The first-order valence-corrected chi connectivity index (χ1v) is 9.01. The molecular formula is C13H29NO3S. The molecule has 0 bridgehead atoms. The number of nitrogens with one attached hydrogen (secondary N) is 1. The number of unbranched alkanes of at least 4 members (excludes halogenated alkanes) is 3. The molecule has 5 heteroatoms. The Morgan fingerprint density at radius 3 is 2.50 bits per heavy atom. The summed E-state index contributed by atoms with van der Waals surface area (Å²) < 4.78 is 27.4. The van der Waals surface area contributed by atoms with Gasteiger partial charge in [-0.25, -0.2) is 8.42 Å². The largest absolute Gasteiger partial charge is 0.377 e. The fourth-order valence-corrected chi connectivity index (χ4v) is 2.17. The molecule has 1 N–H and O–H groups in total. The van der Waals surface area contributed by atoms with Gasteiger partial charge in [-0.05, 0) is 13.3 Å². The Hall–Kier alpha value is -0.130. The zero-order valence-corrected chi connectivity index (χ0v) is 12.9. The first kappa shape index (κ1) is 17.9. The van der Waals surface area contributed by atoms with E-state index in [4.69, 9.17) is 4.74 Å². The topological polar surface area (TPSA) is 55.4 Å². The van der Waals surface area contributed by atoms with Gasteiger partial charge < -0.3 is 10.1 Å². The van der Waals surface area contributed by atoms with Crippen LogP contribution >= 0.6 is 0 Å². The molecule has 0 aromatic carbocycles. The second-order valence-corrected chi connectivity index (χ2v) is 7.17. The predicted octanol–water partition coefficient (Wildman–Crippen LogP) is 2.00. The number of ether oxygens (including phenoxy) is 1. The van der Waals surface area contributed by atoms with Gasteiger partial charge in [0.15, 0.2) is 0 Å². The lowest BCUT2D eigenvalue weighted by Gasteiger charge is -2.13. The summed E-state index contributed by atoms with van der Waals surface area (Å²) in [6.07, 6.45) is 7.76. The van der Waals surface area contributed by atoms with E-state index in [1.165, 1.54) is 31.9 Å². The van der Waals surface area contributed by atoms with Crippen molar-refractivity contribution in [3.8, 4) is 0 Å². The molecule has 0 aliphatic rings. The summed E-state index contributed by atoms with van der Waals surface area (Å²) in [5.41, 5.74) is 0. The van der Waals surface area contributed by atoms with E-state index in [1.807, 2.05) is 0 Å². The van der Waals surface area contributed by atoms with Crippen molar-refractivity contribution >= 4 is 9.84 Å². The Kier molecular flexibility index (Phi) is 10.7. The van der Waals surface area contributed by atoms with Gasteiger partial charge in [0.1, 0.15) is 9.84 Å². The maximum absolute atomic E-state index is 10.9. The zero-order chi connectivity index (χ0) is 13.9. The molecule has 0 spiro atoms. The number of rotatable bonds is 12. The Labute approximate surface area is 112 Å². The fourth-order valence-electron chi connectivity index (χ4n) is 1.66. The molecular weight excluding hydrogens is 250 g/mol. The van der Waals surface area contributed by atoms with Crippen LogP contribution in [0.5, 0.6) is 0 Å². The van der Waals surface area contributed by atoms with Gasteiger partial charge in [-0.2, -0.15) is 0 Å². The van der Waals surface area contributed by atoms with E-state index in [1.54, 1.807) is 0 Å². The van der Waals surface area contributed by atoms with E-state index in [-0.39, 0.29) is 5.75 Å². The van der Waals surface area contributed by atoms with Crippen molar-refractivity contribution in [2.75, 3.05) is 31.7 Å². The minimum atomic E-state index is -2.85. The van der Waals surface area contributed by atoms with Crippen LogP contribution in [0.25, 0.3) is 0 Å². The molecule has 0 amide bonds. The quantitative estimate of drug-likeness (QED) is 0.555. The van der Waals surface area contributed by atoms with Crippen molar-refractivity contribution < 1.29 is 13.2 Å². The molecule has 4 nitrogen and oxygen atoms in total. The van der Waals surface area contributed by atoms with Gasteiger partial charge in [0.05, 0.1) is 18.5 Å². The first-order chi connectivity index (χ1) is 8.45. The van der Waals surface area contributed by atoms with E-state index in [9.17, 15) is 8.42 Å². The Morgan fingerprint density at radius 2 is 1.89 bits per heavy atom. The van der Waals surface area contributed by atoms with Crippen molar-refractivity contribution in [1.82, 2.24) is 5.32 Å². The molecule has 1 atom stereocenters. The standard InChI is InChI=1S/C13H29NO3S/c1-4-5-6-7-8-13(2)17-11-9-14-10-12-18(3,15)16/h13-14H,4-12H2,1-3H3. The molecule has 0 aliphatic heterocycles. The Morgan fingerprint density at radius 1 is 1.17 bits per heavy atom. The highest BCUT2D eigenvalue weighted by Gasteiger charge is 2.02. The molecule has 0 radical (unpaired) electrons. The lowest BCUT2D eigenvalue weighted by Crippen LogP contribution is -2.27. The van der Waals surface area contributed by atoms with Gasteiger partial charge in [-0.1, -0.05) is 32.6 Å². The van der Waals surface area contributed by atoms with Gasteiger partial charge in [0, 0.05) is 19.3 Å². The molecule has 0 saturated carbocycles. The van der Waals surface area contributed by atoms with E-state index >= 15 is 0 Å². The Bertz CT molecular complexity index is 278. The van der Waals surface area contributed by atoms with Crippen molar-refractivity contribution in [2.45, 2.75) is 52.1 Å². The molecule has 18 heavy (non-hydrogen) atoms. The zero-order valence-electron chi connectivity index (χ0n) is 12.1. The van der Waals surface area contributed by atoms with Crippen LogP contribution in [0.15, 0.2) is 0 Å². The summed E-state index contributed by atoms with van der Waals surface area (Å²) >= 11 is 0. The van der Waals surface area contributed by atoms with E-state index in [2.05, 4.69) is 19.2 Å². The van der Waals surface area contributed by atoms with E-state index in [0.29, 0.717) is 19.3 Å². The second-order valence-electron chi connectivity index (χ2n) is 4.91. The van der Waals surface area contributed by atoms with Crippen LogP contribution in [0.3, 0.4) is 0 Å². The fraction of sp³-hybridized carbons (Fsp3) is 1.00. The third-order valence-electron chi connectivity index (χ3n) is 2.80. The van der Waals surface area contributed by atoms with Crippen LogP contribution in [0.4, 0.5) is 0 Å². The number of hydrogen-bond donors (Lipinski definition) is 1. The van der Waals surface area contributed by atoms with Gasteiger partial charge >= 0.3 is 0 Å². The average Bonchev–Trinajstić information content (AvgIpc) is 2.28. The second kappa shape index (κ2) is 10.8. The maximum atomic E-state index is 10.9. The van der Waals surface area contributed by atoms with Crippen molar-refractivity contribution in [3.05, 3.63) is 0 Å². The minimum absolute atomic E-state index is 0.194. The van der Waals surface area contributed by atoms with Gasteiger partial charge in [0.25, 0.3) is 0 Å². The van der Waals surface area contributed by atoms with Gasteiger partial charge in [-0.15, -0.1) is 0 Å². The summed E-state index contributed by atoms with van der Waals surface area (Å²) in [5.74, 6) is 0.194. The molecule has 0 aromatic heterocycles. The lowest BCUT2D eigenvalue weighted by molar-refractivity contribution is 0.0607. The highest BCUT2D eigenvalue weighted by Crippen LogP contribution is 2.07. The van der Waals surface area contributed by atoms with Crippen molar-refractivity contribution in [2.24, 2.45) is 0 Å². The van der Waals surface area contributed by atoms with Crippen LogP contribution in [0.2, 0.25) is 0 Å². The van der Waals surface area contributed by atoms with Crippen LogP contribution in [0.1, 0.15) is 46.0 Å². The van der Waals surface area contributed by atoms with Crippen LogP contribution in [0, 0.1) is 0 Å². The summed E-state index contributed by atoms with van der Waals surface area (Å²) in [6.45, 7) is 6.19. The molecule has 0 aliphatic carbocycles. The molecule has 110 valence electrons. The van der Waals surface area contributed by atoms with Gasteiger partial charge in [-0.3, -0.25) is 0 Å². The third kappa shape index (κ3) is 13.9. The highest BCUT2D eigenvalue weighted by atomic mass is 32.2. The summed E-state index contributed by atoms with van der Waals surface area (Å²) in [5, 5.41) is 3.07. The minimum Gasteiger partial charge on any atom is -0.377 e. The van der Waals surface area contributed by atoms with Gasteiger partial charge in [0.2, 0.25) is 0 Å². The summed E-state index contributed by atoms with van der Waals surface area (Å²) in [4.78, 5) is 0. The SMILES string of the molecule is CCCCCCC(C)OCCNCCS(C)(=O)=O. The van der Waals surface area contributed by atoms with Crippen LogP contribution < -0.4 is 5.32 Å². The molecule has 0 fully saturated rings. The van der Waals surface area contributed by atoms with Crippen LogP contribution in [-0.4, -0.2) is 46.2 Å². The first-order valence-electron chi connectivity index (χ1n) is 6.95. The number of sulfone groups is 1. The highest BCUT2D eigenvalue weighted by molar-refractivity contribution is 7.90. The Balaban J connectivity index is 3.27. The molecule has 0 heterocycles. The maximum Gasteiger partial charge on any atom is 0.148 e. The summed E-state index contributed by atoms with van der Waals surface area (Å²) in [7, 11) is -2.85. The third-order valence-corrected chi connectivity index (χ3v) is 3.74. The number of hydrogen-bond acceptors (Lipinski definition) is 4. The predicted molar refractivity (Wildman–Crippen MR) is 76.8 cm³/mol. The van der Waals surface area contributed by atoms with E-state index in [0.717, 1.165) is 13.0 Å². The summed E-state index contributed by atoms with van der Waals surface area (Å²) in [6, 6.07) is 0. The molecule has 0 rings (SSSR count). The van der Waals surface area contributed by atoms with Crippen molar-refractivity contribution in [3.63, 3.8) is 0 Å². The normalized spacial score (nSPS) is 13.7. The van der Waals surface area contributed by atoms with Crippen molar-refractivity contribution in [1.29, 1.82) is 0 Å². The van der Waals surface area contributed by atoms with Crippen LogP contribution in [-0.2, 0) is 14.6 Å². The average molecular weight is 279 g/mol. The smallest absolute Gasteiger partial charge is 0.148 e. The molecule has 1 unspecified atom stereocenters. The lowest BCUT2D eigenvalue weighted by atomic mass is 10.1. The molecule has 0 saturated heterocycles. The molecule has 0 aromatic rings. The van der Waals surface area contributed by atoms with E-state index < -0.39 is 9.84 Å².